The van der Waals surface area contributed by atoms with E-state index in [9.17, 15) is 14.3 Å². The standard InChI is InChI=1S/C8H9NO5S.Na/c1-14-8-3-2-7(9(10)11)4-6(8)5-15(12)13;/h2-4H,5H2,1H3,(H,12,13);/q;+1. The first-order valence-electron chi connectivity index (χ1n) is 3.93. The molecule has 0 fully saturated rings. The molecule has 1 N–H and O–H groups in total. The zero-order chi connectivity index (χ0) is 11.4. The molecule has 0 radical (unpaired) electrons. The molecule has 0 spiro atoms. The number of methoxy groups -OCH3 is 1. The average Bonchev–Trinajstić information content (AvgIpc) is 2.16. The minimum atomic E-state index is -2.05. The van der Waals surface area contributed by atoms with E-state index in [2.05, 4.69) is 0 Å². The summed E-state index contributed by atoms with van der Waals surface area (Å²) in [4.78, 5) is 9.90. The summed E-state index contributed by atoms with van der Waals surface area (Å²) in [6.07, 6.45) is 0. The summed E-state index contributed by atoms with van der Waals surface area (Å²) < 4.78 is 24.2. The quantitative estimate of drug-likeness (QED) is 0.300. The van der Waals surface area contributed by atoms with Crippen molar-refractivity contribution in [3.05, 3.63) is 33.9 Å². The van der Waals surface area contributed by atoms with E-state index < -0.39 is 16.0 Å². The van der Waals surface area contributed by atoms with Gasteiger partial charge in [0, 0.05) is 17.7 Å². The molecular weight excluding hydrogens is 245 g/mol. The molecule has 0 aliphatic carbocycles. The van der Waals surface area contributed by atoms with Gasteiger partial charge in [-0.3, -0.25) is 10.1 Å². The van der Waals surface area contributed by atoms with E-state index in [4.69, 9.17) is 9.29 Å². The van der Waals surface area contributed by atoms with Crippen molar-refractivity contribution < 1.29 is 48.0 Å². The molecule has 1 unspecified atom stereocenters. The Morgan fingerprint density at radius 3 is 2.62 bits per heavy atom. The van der Waals surface area contributed by atoms with Crippen LogP contribution < -0.4 is 34.3 Å². The number of ether oxygens (including phenoxy) is 1. The summed E-state index contributed by atoms with van der Waals surface area (Å²) in [5.74, 6) is 0.174. The Morgan fingerprint density at radius 1 is 1.56 bits per heavy atom. The van der Waals surface area contributed by atoms with Gasteiger partial charge >= 0.3 is 29.6 Å². The van der Waals surface area contributed by atoms with Crippen LogP contribution in [0.1, 0.15) is 5.56 Å². The molecule has 0 saturated carbocycles. The minimum Gasteiger partial charge on any atom is -0.496 e. The summed E-state index contributed by atoms with van der Waals surface area (Å²) >= 11 is -2.05. The van der Waals surface area contributed by atoms with E-state index in [1.165, 1.54) is 25.3 Å². The van der Waals surface area contributed by atoms with Crippen molar-refractivity contribution in [3.63, 3.8) is 0 Å². The number of benzene rings is 1. The monoisotopic (exact) mass is 254 g/mol. The van der Waals surface area contributed by atoms with Crippen molar-refractivity contribution in [1.29, 1.82) is 0 Å². The van der Waals surface area contributed by atoms with E-state index in [0.717, 1.165) is 0 Å². The van der Waals surface area contributed by atoms with Crippen LogP contribution in [0.2, 0.25) is 0 Å². The van der Waals surface area contributed by atoms with E-state index in [0.29, 0.717) is 11.3 Å². The van der Waals surface area contributed by atoms with Crippen LogP contribution in [0.4, 0.5) is 5.69 Å². The molecule has 1 atom stereocenters. The van der Waals surface area contributed by atoms with Crippen LogP contribution in [-0.2, 0) is 16.8 Å². The number of nitro groups is 1. The van der Waals surface area contributed by atoms with Gasteiger partial charge in [-0.1, -0.05) is 0 Å². The molecule has 0 aliphatic heterocycles. The molecule has 0 amide bonds. The number of hydrogen-bond acceptors (Lipinski definition) is 4. The second-order valence-electron chi connectivity index (χ2n) is 2.72. The maximum absolute atomic E-state index is 10.6. The topological polar surface area (TPSA) is 89.7 Å². The molecule has 0 heterocycles. The molecule has 0 aromatic heterocycles. The second-order valence-corrected chi connectivity index (χ2v) is 3.65. The van der Waals surface area contributed by atoms with Gasteiger partial charge in [0.1, 0.15) is 5.75 Å². The van der Waals surface area contributed by atoms with Crippen LogP contribution in [0.25, 0.3) is 0 Å². The fourth-order valence-corrected chi connectivity index (χ4v) is 1.62. The third-order valence-corrected chi connectivity index (χ3v) is 2.31. The number of nitrogens with zero attached hydrogens (tertiary/aromatic N) is 1. The number of rotatable bonds is 4. The van der Waals surface area contributed by atoms with Crippen molar-refractivity contribution in [2.75, 3.05) is 7.11 Å². The van der Waals surface area contributed by atoms with Gasteiger partial charge in [0.2, 0.25) is 0 Å². The Kier molecular flexibility index (Phi) is 6.77. The van der Waals surface area contributed by atoms with Gasteiger partial charge in [-0.25, -0.2) is 4.21 Å². The van der Waals surface area contributed by atoms with E-state index >= 15 is 0 Å². The van der Waals surface area contributed by atoms with Gasteiger partial charge < -0.3 is 9.29 Å². The molecule has 82 valence electrons. The van der Waals surface area contributed by atoms with Gasteiger partial charge in [-0.2, -0.15) is 0 Å². The molecule has 6 nitrogen and oxygen atoms in total. The average molecular weight is 254 g/mol. The second kappa shape index (κ2) is 6.97. The van der Waals surface area contributed by atoms with Crippen molar-refractivity contribution in [2.45, 2.75) is 5.75 Å². The third-order valence-electron chi connectivity index (χ3n) is 1.75. The summed E-state index contributed by atoms with van der Waals surface area (Å²) in [6, 6.07) is 3.91. The predicted molar refractivity (Wildman–Crippen MR) is 54.1 cm³/mol. The molecule has 1 rings (SSSR count). The Hall–Kier alpha value is -0.470. The maximum Gasteiger partial charge on any atom is 1.00 e. The smallest absolute Gasteiger partial charge is 0.496 e. The van der Waals surface area contributed by atoms with Gasteiger partial charge in [0.15, 0.2) is 11.1 Å². The van der Waals surface area contributed by atoms with E-state index in [-0.39, 0.29) is 41.0 Å². The predicted octanol–water partition coefficient (Wildman–Crippen LogP) is -1.67. The third kappa shape index (κ3) is 4.18. The van der Waals surface area contributed by atoms with E-state index in [1.807, 2.05) is 0 Å². The SMILES string of the molecule is COc1ccc([N+](=O)[O-])cc1CS(=O)O.[Na+]. The Balaban J connectivity index is 0.00000225. The zero-order valence-corrected chi connectivity index (χ0v) is 11.7. The first-order valence-corrected chi connectivity index (χ1v) is 5.21. The van der Waals surface area contributed by atoms with Crippen LogP contribution in [0.3, 0.4) is 0 Å². The summed E-state index contributed by atoms with van der Waals surface area (Å²) in [7, 11) is 1.39. The molecule has 1 aromatic rings. The molecule has 16 heavy (non-hydrogen) atoms. The summed E-state index contributed by atoms with van der Waals surface area (Å²) in [5, 5.41) is 10.5. The Labute approximate surface area is 117 Å². The molecule has 0 saturated heterocycles. The normalized spacial score (nSPS) is 11.4. The van der Waals surface area contributed by atoms with Gasteiger partial charge in [-0.15, -0.1) is 0 Å². The first kappa shape index (κ1) is 15.5. The Morgan fingerprint density at radius 2 is 2.19 bits per heavy atom. The van der Waals surface area contributed by atoms with Crippen molar-refractivity contribution in [3.8, 4) is 5.75 Å². The Bertz CT molecular complexity index is 411. The molecule has 0 bridgehead atoms. The van der Waals surface area contributed by atoms with Crippen molar-refractivity contribution in [2.24, 2.45) is 0 Å². The van der Waals surface area contributed by atoms with Crippen LogP contribution in [0.15, 0.2) is 18.2 Å². The minimum absolute atomic E-state index is 0. The van der Waals surface area contributed by atoms with Crippen LogP contribution in [0.5, 0.6) is 5.75 Å². The summed E-state index contributed by atoms with van der Waals surface area (Å²) in [5.41, 5.74) is 0.212. The number of nitro benzene ring substituents is 1. The molecule has 1 aromatic carbocycles. The largest absolute Gasteiger partial charge is 1.00 e. The molecule has 8 heteroatoms. The van der Waals surface area contributed by atoms with Crippen LogP contribution >= 0.6 is 0 Å². The molecule has 0 aliphatic rings. The fraction of sp³-hybridized carbons (Fsp3) is 0.250. The molecular formula is C8H9NNaO5S+. The number of non-ortho nitro benzene ring substituents is 1. The maximum atomic E-state index is 10.6. The van der Waals surface area contributed by atoms with Crippen molar-refractivity contribution in [1.82, 2.24) is 0 Å². The van der Waals surface area contributed by atoms with Crippen LogP contribution in [-0.4, -0.2) is 20.8 Å². The van der Waals surface area contributed by atoms with Crippen LogP contribution in [0, 0.1) is 10.1 Å². The van der Waals surface area contributed by atoms with E-state index in [1.54, 1.807) is 0 Å². The number of hydrogen-bond donors (Lipinski definition) is 1. The summed E-state index contributed by atoms with van der Waals surface area (Å²) in [6.45, 7) is 0. The first-order chi connectivity index (χ1) is 7.04. The van der Waals surface area contributed by atoms with Gasteiger partial charge in [-0.05, 0) is 6.07 Å². The van der Waals surface area contributed by atoms with Gasteiger partial charge in [0.25, 0.3) is 5.69 Å². The van der Waals surface area contributed by atoms with Crippen molar-refractivity contribution >= 4 is 16.8 Å². The fourth-order valence-electron chi connectivity index (χ4n) is 1.12. The van der Waals surface area contributed by atoms with Gasteiger partial charge in [0.05, 0.1) is 17.8 Å². The zero-order valence-electron chi connectivity index (χ0n) is 8.87.